The Morgan fingerprint density at radius 2 is 2.09 bits per heavy atom. The van der Waals surface area contributed by atoms with Crippen LogP contribution < -0.4 is 0 Å². The van der Waals surface area contributed by atoms with Crippen LogP contribution in [-0.4, -0.2) is 22.7 Å². The van der Waals surface area contributed by atoms with Crippen LogP contribution in [0, 0.1) is 5.92 Å². The summed E-state index contributed by atoms with van der Waals surface area (Å²) in [6, 6.07) is 0. The third kappa shape index (κ3) is 5.67. The van der Waals surface area contributed by atoms with Gasteiger partial charge in [-0.2, -0.15) is 0 Å². The molecule has 4 heteroatoms. The molecule has 0 spiro atoms. The number of esters is 1. The molecule has 0 radical (unpaired) electrons. The molecule has 11 heavy (non-hydrogen) atoms. The number of hydrogen-bond donors (Lipinski definition) is 0. The lowest BCUT2D eigenvalue weighted by atomic mass is 10.2. The summed E-state index contributed by atoms with van der Waals surface area (Å²) < 4.78 is 4.94. The molecule has 0 N–H and O–H groups in total. The first kappa shape index (κ1) is 11.4. The molecule has 66 valence electrons. The monoisotopic (exact) mass is 286 g/mol. The fourth-order valence-corrected chi connectivity index (χ4v) is 0.703. The molecule has 0 aliphatic carbocycles. The molecule has 0 aliphatic heterocycles. The predicted molar refractivity (Wildman–Crippen MR) is 52.3 cm³/mol. The third-order valence-corrected chi connectivity index (χ3v) is 3.28. The normalized spacial score (nSPS) is 13.2. The van der Waals surface area contributed by atoms with Gasteiger partial charge in [0.1, 0.15) is 6.61 Å². The fourth-order valence-electron chi connectivity index (χ4n) is 0.384. The average Bonchev–Trinajstić information content (AvgIpc) is 1.99. The van der Waals surface area contributed by atoms with Crippen LogP contribution in [-0.2, 0) is 9.53 Å². The number of carbonyl (C=O) groups excluding carboxylic acids is 1. The summed E-state index contributed by atoms with van der Waals surface area (Å²) in [6.45, 7) is 4.07. The molecule has 0 amide bonds. The second-order valence-corrected chi connectivity index (χ2v) is 4.48. The molecule has 0 aromatic rings. The fraction of sp³-hybridized carbons (Fsp3) is 0.857. The maximum absolute atomic E-state index is 10.9. The maximum atomic E-state index is 10.9. The van der Waals surface area contributed by atoms with Crippen molar-refractivity contribution in [2.45, 2.75) is 18.7 Å². The summed E-state index contributed by atoms with van der Waals surface area (Å²) in [5, 5.41) is 0.790. The summed E-state index contributed by atoms with van der Waals surface area (Å²) in [5.74, 6) is -0.180. The van der Waals surface area contributed by atoms with Crippen LogP contribution in [0.4, 0.5) is 0 Å². The van der Waals surface area contributed by atoms with Crippen LogP contribution in [0.3, 0.4) is 0 Å². The Balaban J connectivity index is 3.46. The summed E-state index contributed by atoms with van der Waals surface area (Å²) >= 11 is 6.59. The number of rotatable bonds is 4. The molecule has 0 aromatic heterocycles. The Bertz CT molecular complexity index is 126. The van der Waals surface area contributed by atoms with Crippen molar-refractivity contribution in [1.82, 2.24) is 0 Å². The quantitative estimate of drug-likeness (QED) is 0.586. The molecule has 0 fully saturated rings. The molecule has 1 atom stereocenters. The molecule has 0 aromatic carbocycles. The molecule has 0 rings (SSSR count). The van der Waals surface area contributed by atoms with Gasteiger partial charge in [0.25, 0.3) is 0 Å². The van der Waals surface area contributed by atoms with E-state index in [1.807, 2.05) is 13.8 Å². The number of ether oxygens (including phenoxy) is 1. The molecule has 2 nitrogen and oxygen atoms in total. The lowest BCUT2D eigenvalue weighted by Crippen LogP contribution is -2.18. The van der Waals surface area contributed by atoms with E-state index in [-0.39, 0.29) is 16.7 Å². The Morgan fingerprint density at radius 3 is 2.45 bits per heavy atom. The molecule has 0 aliphatic rings. The van der Waals surface area contributed by atoms with Crippen molar-refractivity contribution >= 4 is 37.8 Å². The highest BCUT2D eigenvalue weighted by Crippen LogP contribution is 2.05. The molecule has 0 bridgehead atoms. The molecule has 1 unspecified atom stereocenters. The zero-order valence-corrected chi connectivity index (χ0v) is 9.81. The smallest absolute Gasteiger partial charge is 0.308 e. The summed E-state index contributed by atoms with van der Waals surface area (Å²) in [7, 11) is 0. The Kier molecular flexibility index (Phi) is 6.24. The lowest BCUT2D eigenvalue weighted by Gasteiger charge is -2.09. The minimum atomic E-state index is -0.143. The van der Waals surface area contributed by atoms with E-state index in [2.05, 4.69) is 31.9 Å². The zero-order valence-electron chi connectivity index (χ0n) is 6.64. The topological polar surface area (TPSA) is 26.3 Å². The summed E-state index contributed by atoms with van der Waals surface area (Å²) in [5.41, 5.74) is 0. The molecular weight excluding hydrogens is 276 g/mol. The van der Waals surface area contributed by atoms with Gasteiger partial charge in [-0.25, -0.2) is 0 Å². The standard InChI is InChI=1S/C7H12Br2O2/c1-5(2)7(10)11-4-6(9)3-8/h5-6H,3-4H2,1-2H3. The Labute approximate surface area is 83.9 Å². The van der Waals surface area contributed by atoms with Gasteiger partial charge >= 0.3 is 5.97 Å². The van der Waals surface area contributed by atoms with E-state index in [4.69, 9.17) is 4.74 Å². The van der Waals surface area contributed by atoms with Gasteiger partial charge in [0, 0.05) is 5.33 Å². The van der Waals surface area contributed by atoms with Crippen LogP contribution >= 0.6 is 31.9 Å². The van der Waals surface area contributed by atoms with Crippen molar-refractivity contribution < 1.29 is 9.53 Å². The number of hydrogen-bond acceptors (Lipinski definition) is 2. The first-order valence-electron chi connectivity index (χ1n) is 3.44. The highest BCUT2D eigenvalue weighted by atomic mass is 79.9. The van der Waals surface area contributed by atoms with Crippen molar-refractivity contribution in [3.05, 3.63) is 0 Å². The van der Waals surface area contributed by atoms with Crippen molar-refractivity contribution in [3.63, 3.8) is 0 Å². The van der Waals surface area contributed by atoms with Gasteiger partial charge in [-0.15, -0.1) is 0 Å². The van der Waals surface area contributed by atoms with E-state index >= 15 is 0 Å². The van der Waals surface area contributed by atoms with E-state index in [1.54, 1.807) is 0 Å². The van der Waals surface area contributed by atoms with Crippen LogP contribution in [0.1, 0.15) is 13.8 Å². The largest absolute Gasteiger partial charge is 0.464 e. The highest BCUT2D eigenvalue weighted by Gasteiger charge is 2.10. The van der Waals surface area contributed by atoms with E-state index in [0.717, 1.165) is 5.33 Å². The van der Waals surface area contributed by atoms with E-state index in [9.17, 15) is 4.79 Å². The maximum Gasteiger partial charge on any atom is 0.308 e. The van der Waals surface area contributed by atoms with Crippen LogP contribution in [0.15, 0.2) is 0 Å². The summed E-state index contributed by atoms with van der Waals surface area (Å²) in [4.78, 5) is 11.1. The third-order valence-electron chi connectivity index (χ3n) is 1.05. The molecule has 0 saturated carbocycles. The SMILES string of the molecule is CC(C)C(=O)OCC(Br)CBr. The van der Waals surface area contributed by atoms with E-state index in [0.29, 0.717) is 6.61 Å². The van der Waals surface area contributed by atoms with Gasteiger partial charge in [-0.05, 0) is 0 Å². The van der Waals surface area contributed by atoms with Crippen LogP contribution in [0.2, 0.25) is 0 Å². The van der Waals surface area contributed by atoms with Gasteiger partial charge in [0.05, 0.1) is 10.7 Å². The van der Waals surface area contributed by atoms with Crippen LogP contribution in [0.5, 0.6) is 0 Å². The van der Waals surface area contributed by atoms with E-state index in [1.165, 1.54) is 0 Å². The van der Waals surface area contributed by atoms with Crippen molar-refractivity contribution in [2.75, 3.05) is 11.9 Å². The molecular formula is C7H12Br2O2. The van der Waals surface area contributed by atoms with Gasteiger partial charge < -0.3 is 4.74 Å². The summed E-state index contributed by atoms with van der Waals surface area (Å²) in [6.07, 6.45) is 0. The van der Waals surface area contributed by atoms with Gasteiger partial charge in [0.15, 0.2) is 0 Å². The number of alkyl halides is 2. The van der Waals surface area contributed by atoms with E-state index < -0.39 is 0 Å². The second kappa shape index (κ2) is 6.00. The zero-order chi connectivity index (χ0) is 8.85. The number of carbonyl (C=O) groups is 1. The van der Waals surface area contributed by atoms with Gasteiger partial charge in [-0.1, -0.05) is 45.7 Å². The second-order valence-electron chi connectivity index (χ2n) is 2.54. The Hall–Kier alpha value is 0.430. The van der Waals surface area contributed by atoms with Crippen molar-refractivity contribution in [1.29, 1.82) is 0 Å². The molecule has 0 heterocycles. The van der Waals surface area contributed by atoms with Gasteiger partial charge in [0.2, 0.25) is 0 Å². The minimum absolute atomic E-state index is 0.0370. The highest BCUT2D eigenvalue weighted by molar-refractivity contribution is 9.12. The average molecular weight is 288 g/mol. The lowest BCUT2D eigenvalue weighted by molar-refractivity contribution is -0.147. The first-order chi connectivity index (χ1) is 5.07. The molecule has 0 saturated heterocycles. The predicted octanol–water partition coefficient (Wildman–Crippen LogP) is 2.34. The van der Waals surface area contributed by atoms with Gasteiger partial charge in [-0.3, -0.25) is 4.79 Å². The number of halogens is 2. The van der Waals surface area contributed by atoms with Crippen molar-refractivity contribution in [2.24, 2.45) is 5.92 Å². The Morgan fingerprint density at radius 1 is 1.55 bits per heavy atom. The van der Waals surface area contributed by atoms with Crippen LogP contribution in [0.25, 0.3) is 0 Å². The van der Waals surface area contributed by atoms with Crippen molar-refractivity contribution in [3.8, 4) is 0 Å². The minimum Gasteiger partial charge on any atom is -0.464 e. The first-order valence-corrected chi connectivity index (χ1v) is 5.48.